The molecule has 1 atom stereocenters. The monoisotopic (exact) mass is 388 g/mol. The van der Waals surface area contributed by atoms with Crippen LogP contribution in [-0.2, 0) is 4.74 Å². The Kier molecular flexibility index (Phi) is 5.81. The molecule has 2 aromatic carbocycles. The number of benzene rings is 2. The molecule has 1 amide bonds. The summed E-state index contributed by atoms with van der Waals surface area (Å²) >= 11 is 0. The number of nitrogens with one attached hydrogen (secondary N) is 2. The van der Waals surface area contributed by atoms with Gasteiger partial charge in [0.15, 0.2) is 0 Å². The van der Waals surface area contributed by atoms with Crippen molar-refractivity contribution in [2.24, 2.45) is 0 Å². The highest BCUT2D eigenvalue weighted by Crippen LogP contribution is 2.22. The van der Waals surface area contributed by atoms with Crippen LogP contribution < -0.4 is 10.6 Å². The molecule has 3 aromatic rings. The highest BCUT2D eigenvalue weighted by molar-refractivity contribution is 5.95. The first-order chi connectivity index (χ1) is 14.2. The quantitative estimate of drug-likeness (QED) is 0.665. The van der Waals surface area contributed by atoms with Crippen molar-refractivity contribution in [2.45, 2.75) is 25.9 Å². The molecule has 148 valence electrons. The number of ether oxygens (including phenoxy) is 1. The van der Waals surface area contributed by atoms with Crippen molar-refractivity contribution in [2.75, 3.05) is 18.5 Å². The highest BCUT2D eigenvalue weighted by atomic mass is 16.5. The van der Waals surface area contributed by atoms with Crippen LogP contribution in [-0.4, -0.2) is 35.1 Å². The Morgan fingerprint density at radius 1 is 1.14 bits per heavy atom. The molecular weight excluding hydrogens is 364 g/mol. The van der Waals surface area contributed by atoms with E-state index in [1.165, 1.54) is 11.9 Å². The number of carbonyl (C=O) groups is 1. The maximum atomic E-state index is 12.5. The second-order valence-corrected chi connectivity index (χ2v) is 7.21. The van der Waals surface area contributed by atoms with E-state index in [-0.39, 0.29) is 12.0 Å². The van der Waals surface area contributed by atoms with E-state index in [4.69, 9.17) is 4.74 Å². The fourth-order valence-corrected chi connectivity index (χ4v) is 3.39. The topological polar surface area (TPSA) is 76.1 Å². The summed E-state index contributed by atoms with van der Waals surface area (Å²) in [6.45, 7) is 3.38. The van der Waals surface area contributed by atoms with Crippen LogP contribution >= 0.6 is 0 Å². The molecule has 1 aromatic heterocycles. The van der Waals surface area contributed by atoms with Crippen molar-refractivity contribution in [3.8, 4) is 11.3 Å². The van der Waals surface area contributed by atoms with Gasteiger partial charge in [-0.3, -0.25) is 4.79 Å². The van der Waals surface area contributed by atoms with Gasteiger partial charge in [0.05, 0.1) is 11.8 Å². The molecule has 1 saturated heterocycles. The Morgan fingerprint density at radius 2 is 2.03 bits per heavy atom. The SMILES string of the molecule is Cc1cccc(-c2cc(Nc3cccc(C(=O)NCC4CCCO4)c3)ncn2)c1. The fourth-order valence-electron chi connectivity index (χ4n) is 3.39. The molecule has 1 fully saturated rings. The van der Waals surface area contributed by atoms with E-state index < -0.39 is 0 Å². The third kappa shape index (κ3) is 4.97. The second-order valence-electron chi connectivity index (χ2n) is 7.21. The van der Waals surface area contributed by atoms with E-state index in [2.05, 4.69) is 39.7 Å². The van der Waals surface area contributed by atoms with Gasteiger partial charge in [0.1, 0.15) is 12.1 Å². The van der Waals surface area contributed by atoms with Gasteiger partial charge in [-0.25, -0.2) is 9.97 Å². The zero-order valence-electron chi connectivity index (χ0n) is 16.4. The smallest absolute Gasteiger partial charge is 0.251 e. The summed E-state index contributed by atoms with van der Waals surface area (Å²) in [6.07, 6.45) is 3.72. The number of hydrogen-bond donors (Lipinski definition) is 2. The largest absolute Gasteiger partial charge is 0.376 e. The molecule has 0 spiro atoms. The minimum atomic E-state index is -0.104. The van der Waals surface area contributed by atoms with Gasteiger partial charge in [-0.05, 0) is 44.0 Å². The number of nitrogens with zero attached hydrogens (tertiary/aromatic N) is 2. The van der Waals surface area contributed by atoms with Crippen molar-refractivity contribution in [1.82, 2.24) is 15.3 Å². The zero-order chi connectivity index (χ0) is 20.1. The molecule has 2 heterocycles. The van der Waals surface area contributed by atoms with Crippen LogP contribution in [0.25, 0.3) is 11.3 Å². The van der Waals surface area contributed by atoms with Crippen LogP contribution in [0.5, 0.6) is 0 Å². The van der Waals surface area contributed by atoms with Gasteiger partial charge in [-0.15, -0.1) is 0 Å². The summed E-state index contributed by atoms with van der Waals surface area (Å²) in [4.78, 5) is 21.1. The molecule has 4 rings (SSSR count). The predicted octanol–water partition coefficient (Wildman–Crippen LogP) is 4.10. The van der Waals surface area contributed by atoms with Gasteiger partial charge in [-0.1, -0.05) is 29.8 Å². The predicted molar refractivity (Wildman–Crippen MR) is 113 cm³/mol. The van der Waals surface area contributed by atoms with Crippen LogP contribution in [0.15, 0.2) is 60.9 Å². The first-order valence-corrected chi connectivity index (χ1v) is 9.83. The lowest BCUT2D eigenvalue weighted by molar-refractivity contribution is 0.0858. The molecular formula is C23H24N4O2. The van der Waals surface area contributed by atoms with Crippen molar-refractivity contribution < 1.29 is 9.53 Å². The van der Waals surface area contributed by atoms with E-state index in [9.17, 15) is 4.79 Å². The number of anilines is 2. The lowest BCUT2D eigenvalue weighted by Crippen LogP contribution is -2.31. The lowest BCUT2D eigenvalue weighted by Gasteiger charge is -2.12. The van der Waals surface area contributed by atoms with Gasteiger partial charge in [0, 0.05) is 36.0 Å². The Bertz CT molecular complexity index is 999. The summed E-state index contributed by atoms with van der Waals surface area (Å²) in [5.41, 5.74) is 4.45. The van der Waals surface area contributed by atoms with Gasteiger partial charge < -0.3 is 15.4 Å². The van der Waals surface area contributed by atoms with E-state index in [1.807, 2.05) is 36.4 Å². The van der Waals surface area contributed by atoms with Crippen LogP contribution in [0.2, 0.25) is 0 Å². The van der Waals surface area contributed by atoms with Gasteiger partial charge in [0.25, 0.3) is 5.91 Å². The average molecular weight is 388 g/mol. The number of amides is 1. The normalized spacial score (nSPS) is 15.8. The molecule has 1 aliphatic rings. The number of carbonyl (C=O) groups excluding carboxylic acids is 1. The number of hydrogen-bond acceptors (Lipinski definition) is 5. The number of aryl methyl sites for hydroxylation is 1. The average Bonchev–Trinajstić information content (AvgIpc) is 3.26. The van der Waals surface area contributed by atoms with Crippen molar-refractivity contribution >= 4 is 17.4 Å². The first kappa shape index (κ1) is 19.1. The second kappa shape index (κ2) is 8.84. The standard InChI is InChI=1S/C23H24N4O2/c1-16-5-2-6-17(11-16)21-13-22(26-15-25-21)27-19-8-3-7-18(12-19)23(28)24-14-20-9-4-10-29-20/h2-3,5-8,11-13,15,20H,4,9-10,14H2,1H3,(H,24,28)(H,25,26,27). The Hall–Kier alpha value is -3.25. The molecule has 0 bridgehead atoms. The van der Waals surface area contributed by atoms with E-state index in [0.29, 0.717) is 17.9 Å². The highest BCUT2D eigenvalue weighted by Gasteiger charge is 2.16. The fraction of sp³-hybridized carbons (Fsp3) is 0.261. The third-order valence-corrected chi connectivity index (χ3v) is 4.89. The van der Waals surface area contributed by atoms with Gasteiger partial charge in [0.2, 0.25) is 0 Å². The molecule has 6 nitrogen and oxygen atoms in total. The molecule has 0 saturated carbocycles. The molecule has 29 heavy (non-hydrogen) atoms. The maximum Gasteiger partial charge on any atom is 0.251 e. The van der Waals surface area contributed by atoms with Crippen molar-refractivity contribution in [1.29, 1.82) is 0 Å². The van der Waals surface area contributed by atoms with Crippen LogP contribution in [0.4, 0.5) is 11.5 Å². The zero-order valence-corrected chi connectivity index (χ0v) is 16.4. The first-order valence-electron chi connectivity index (χ1n) is 9.83. The third-order valence-electron chi connectivity index (χ3n) is 4.89. The van der Waals surface area contributed by atoms with Crippen molar-refractivity contribution in [3.05, 3.63) is 72.1 Å². The van der Waals surface area contributed by atoms with E-state index in [1.54, 1.807) is 6.07 Å². The molecule has 2 N–H and O–H groups in total. The van der Waals surface area contributed by atoms with E-state index >= 15 is 0 Å². The molecule has 0 aliphatic carbocycles. The summed E-state index contributed by atoms with van der Waals surface area (Å²) in [5.74, 6) is 0.570. The van der Waals surface area contributed by atoms with Crippen molar-refractivity contribution in [3.63, 3.8) is 0 Å². The minimum absolute atomic E-state index is 0.104. The van der Waals surface area contributed by atoms with Crippen LogP contribution in [0.1, 0.15) is 28.8 Å². The molecule has 1 unspecified atom stereocenters. The number of rotatable bonds is 6. The summed E-state index contributed by atoms with van der Waals surface area (Å²) < 4.78 is 5.56. The number of aromatic nitrogens is 2. The maximum absolute atomic E-state index is 12.5. The van der Waals surface area contributed by atoms with Crippen LogP contribution in [0, 0.1) is 6.92 Å². The molecule has 0 radical (unpaired) electrons. The summed E-state index contributed by atoms with van der Waals surface area (Å²) in [7, 11) is 0. The Labute approximate surface area is 170 Å². The molecule has 1 aliphatic heterocycles. The summed E-state index contributed by atoms with van der Waals surface area (Å²) in [5, 5.41) is 6.22. The Balaban J connectivity index is 1.45. The van der Waals surface area contributed by atoms with Crippen LogP contribution in [0.3, 0.4) is 0 Å². The van der Waals surface area contributed by atoms with E-state index in [0.717, 1.165) is 36.4 Å². The lowest BCUT2D eigenvalue weighted by atomic mass is 10.1. The minimum Gasteiger partial charge on any atom is -0.376 e. The molecule has 6 heteroatoms. The van der Waals surface area contributed by atoms with Gasteiger partial charge in [-0.2, -0.15) is 0 Å². The Morgan fingerprint density at radius 3 is 2.86 bits per heavy atom. The summed E-state index contributed by atoms with van der Waals surface area (Å²) in [6, 6.07) is 17.5. The van der Waals surface area contributed by atoms with Gasteiger partial charge >= 0.3 is 0 Å².